The summed E-state index contributed by atoms with van der Waals surface area (Å²) in [6.07, 6.45) is 1.35. The highest BCUT2D eigenvalue weighted by Gasteiger charge is 2.23. The van der Waals surface area contributed by atoms with Crippen LogP contribution in [0.15, 0.2) is 79.0 Å². The maximum Gasteiger partial charge on any atom is 0.410 e. The number of hydrogen-bond donors (Lipinski definition) is 1. The number of nitrogens with one attached hydrogen (secondary N) is 1. The largest absolute Gasteiger partial charge is 0.445 e. The highest BCUT2D eigenvalue weighted by atomic mass is 16.6. The van der Waals surface area contributed by atoms with Crippen molar-refractivity contribution in [3.05, 3.63) is 90.1 Å². The van der Waals surface area contributed by atoms with Crippen LogP contribution in [0, 0.1) is 0 Å². The van der Waals surface area contributed by atoms with E-state index in [-0.39, 0.29) is 18.6 Å². The van der Waals surface area contributed by atoms with E-state index in [0.717, 1.165) is 11.4 Å². The molecule has 158 valence electrons. The van der Waals surface area contributed by atoms with E-state index in [2.05, 4.69) is 15.2 Å². The minimum atomic E-state index is -0.296. The van der Waals surface area contributed by atoms with Crippen molar-refractivity contribution < 1.29 is 14.3 Å². The van der Waals surface area contributed by atoms with Crippen LogP contribution < -0.4 is 10.2 Å². The first-order valence-electron chi connectivity index (χ1n) is 10.2. The number of benzene rings is 2. The molecule has 2 heterocycles. The van der Waals surface area contributed by atoms with E-state index in [9.17, 15) is 9.59 Å². The Morgan fingerprint density at radius 3 is 2.19 bits per heavy atom. The zero-order valence-corrected chi connectivity index (χ0v) is 17.1. The summed E-state index contributed by atoms with van der Waals surface area (Å²) in [5, 5.41) is 2.85. The van der Waals surface area contributed by atoms with Crippen molar-refractivity contribution in [1.82, 2.24) is 9.88 Å². The van der Waals surface area contributed by atoms with Gasteiger partial charge in [-0.3, -0.25) is 4.79 Å². The van der Waals surface area contributed by atoms with E-state index >= 15 is 0 Å². The molecule has 0 unspecified atom stereocenters. The average molecular weight is 416 g/mol. The van der Waals surface area contributed by atoms with E-state index in [1.807, 2.05) is 60.7 Å². The van der Waals surface area contributed by atoms with Crippen LogP contribution >= 0.6 is 0 Å². The molecule has 0 atom stereocenters. The molecule has 0 radical (unpaired) electrons. The van der Waals surface area contributed by atoms with Gasteiger partial charge in [0.1, 0.15) is 12.4 Å². The van der Waals surface area contributed by atoms with Gasteiger partial charge >= 0.3 is 6.09 Å². The van der Waals surface area contributed by atoms with Crippen LogP contribution in [0.1, 0.15) is 15.9 Å². The molecule has 0 saturated carbocycles. The average Bonchev–Trinajstić information content (AvgIpc) is 2.84. The summed E-state index contributed by atoms with van der Waals surface area (Å²) in [7, 11) is 0. The molecule has 1 aliphatic heterocycles. The first kappa shape index (κ1) is 20.4. The lowest BCUT2D eigenvalue weighted by atomic mass is 10.2. The van der Waals surface area contributed by atoms with Crippen molar-refractivity contribution in [1.29, 1.82) is 0 Å². The van der Waals surface area contributed by atoms with Gasteiger partial charge < -0.3 is 19.9 Å². The summed E-state index contributed by atoms with van der Waals surface area (Å²) in [5.41, 5.74) is 2.21. The van der Waals surface area contributed by atoms with E-state index in [4.69, 9.17) is 4.74 Å². The number of carbonyl (C=O) groups is 2. The SMILES string of the molecule is O=C(Nc1ccc(N2CCN(C(=O)OCc3ccccc3)CC2)nc1)c1ccccc1. The summed E-state index contributed by atoms with van der Waals surface area (Å²) in [6, 6.07) is 22.4. The molecule has 0 spiro atoms. The third-order valence-electron chi connectivity index (χ3n) is 5.11. The van der Waals surface area contributed by atoms with Crippen LogP contribution in [0.4, 0.5) is 16.3 Å². The maximum atomic E-state index is 12.3. The van der Waals surface area contributed by atoms with Crippen molar-refractivity contribution in [3.63, 3.8) is 0 Å². The Kier molecular flexibility index (Phi) is 6.42. The van der Waals surface area contributed by atoms with Crippen molar-refractivity contribution in [2.75, 3.05) is 36.4 Å². The molecule has 2 aromatic carbocycles. The summed E-state index contributed by atoms with van der Waals surface area (Å²) in [6.45, 7) is 2.76. The molecule has 1 aliphatic rings. The first-order valence-corrected chi connectivity index (χ1v) is 10.2. The molecule has 7 heteroatoms. The molecule has 0 aliphatic carbocycles. The fraction of sp³-hybridized carbons (Fsp3) is 0.208. The molecule has 7 nitrogen and oxygen atoms in total. The zero-order valence-electron chi connectivity index (χ0n) is 17.1. The Bertz CT molecular complexity index is 1000. The molecule has 31 heavy (non-hydrogen) atoms. The normalized spacial score (nSPS) is 13.5. The number of ether oxygens (including phenoxy) is 1. The number of aromatic nitrogens is 1. The lowest BCUT2D eigenvalue weighted by molar-refractivity contribution is 0.0941. The maximum absolute atomic E-state index is 12.3. The van der Waals surface area contributed by atoms with E-state index < -0.39 is 0 Å². The van der Waals surface area contributed by atoms with Gasteiger partial charge in [0.25, 0.3) is 5.91 Å². The number of nitrogens with zero attached hydrogens (tertiary/aromatic N) is 3. The molecule has 1 aromatic heterocycles. The summed E-state index contributed by atoms with van der Waals surface area (Å²) >= 11 is 0. The minimum absolute atomic E-state index is 0.169. The number of pyridine rings is 1. The third kappa shape index (κ3) is 5.39. The Morgan fingerprint density at radius 2 is 1.55 bits per heavy atom. The smallest absolute Gasteiger partial charge is 0.410 e. The van der Waals surface area contributed by atoms with Crippen molar-refractivity contribution in [2.45, 2.75) is 6.61 Å². The Labute approximate surface area is 181 Å². The number of carbonyl (C=O) groups excluding carboxylic acids is 2. The number of anilines is 2. The van der Waals surface area contributed by atoms with Crippen LogP contribution in [0.25, 0.3) is 0 Å². The number of hydrogen-bond acceptors (Lipinski definition) is 5. The van der Waals surface area contributed by atoms with Crippen molar-refractivity contribution >= 4 is 23.5 Å². The molecule has 3 aromatic rings. The van der Waals surface area contributed by atoms with Gasteiger partial charge in [-0.15, -0.1) is 0 Å². The lowest BCUT2D eigenvalue weighted by Gasteiger charge is -2.34. The Morgan fingerprint density at radius 1 is 0.871 bits per heavy atom. The third-order valence-corrected chi connectivity index (χ3v) is 5.11. The molecule has 4 rings (SSSR count). The van der Waals surface area contributed by atoms with Gasteiger partial charge in [-0.25, -0.2) is 9.78 Å². The van der Waals surface area contributed by atoms with Crippen LogP contribution in [0.5, 0.6) is 0 Å². The van der Waals surface area contributed by atoms with Gasteiger partial charge in [-0.2, -0.15) is 0 Å². The predicted molar refractivity (Wildman–Crippen MR) is 119 cm³/mol. The number of amides is 2. The fourth-order valence-electron chi connectivity index (χ4n) is 3.37. The topological polar surface area (TPSA) is 74.8 Å². The summed E-state index contributed by atoms with van der Waals surface area (Å²) in [4.78, 5) is 32.9. The van der Waals surface area contributed by atoms with Gasteiger partial charge in [0, 0.05) is 31.7 Å². The molecular weight excluding hydrogens is 392 g/mol. The van der Waals surface area contributed by atoms with Gasteiger partial charge in [0.05, 0.1) is 11.9 Å². The van der Waals surface area contributed by atoms with Crippen LogP contribution in [0.2, 0.25) is 0 Å². The molecule has 2 amide bonds. The van der Waals surface area contributed by atoms with E-state index in [0.29, 0.717) is 37.4 Å². The zero-order chi connectivity index (χ0) is 21.5. The molecular formula is C24H24N4O3. The van der Waals surface area contributed by atoms with Gasteiger partial charge in [-0.1, -0.05) is 48.5 Å². The number of rotatable bonds is 5. The monoisotopic (exact) mass is 416 g/mol. The van der Waals surface area contributed by atoms with Gasteiger partial charge in [0.2, 0.25) is 0 Å². The number of piperazine rings is 1. The van der Waals surface area contributed by atoms with E-state index in [1.54, 1.807) is 23.2 Å². The summed E-state index contributed by atoms with van der Waals surface area (Å²) in [5.74, 6) is 0.646. The van der Waals surface area contributed by atoms with Gasteiger partial charge in [-0.05, 0) is 29.8 Å². The first-order chi connectivity index (χ1) is 15.2. The standard InChI is InChI=1S/C24H24N4O3/c29-23(20-9-5-2-6-10-20)26-21-11-12-22(25-17-21)27-13-15-28(16-14-27)24(30)31-18-19-7-3-1-4-8-19/h1-12,17H,13-16,18H2,(H,26,29). The summed E-state index contributed by atoms with van der Waals surface area (Å²) < 4.78 is 5.41. The second-order valence-corrected chi connectivity index (χ2v) is 7.24. The second kappa shape index (κ2) is 9.75. The highest BCUT2D eigenvalue weighted by Crippen LogP contribution is 2.17. The molecule has 1 N–H and O–H groups in total. The van der Waals surface area contributed by atoms with Crippen LogP contribution in [0.3, 0.4) is 0 Å². The Balaban J connectivity index is 1.26. The minimum Gasteiger partial charge on any atom is -0.445 e. The van der Waals surface area contributed by atoms with Crippen LogP contribution in [-0.2, 0) is 11.3 Å². The van der Waals surface area contributed by atoms with E-state index in [1.165, 1.54) is 0 Å². The lowest BCUT2D eigenvalue weighted by Crippen LogP contribution is -2.49. The highest BCUT2D eigenvalue weighted by molar-refractivity contribution is 6.04. The predicted octanol–water partition coefficient (Wildman–Crippen LogP) is 3.79. The molecule has 1 fully saturated rings. The fourth-order valence-corrected chi connectivity index (χ4v) is 3.37. The molecule has 0 bridgehead atoms. The van der Waals surface area contributed by atoms with Crippen molar-refractivity contribution in [3.8, 4) is 0 Å². The Hall–Kier alpha value is -3.87. The quantitative estimate of drug-likeness (QED) is 0.685. The van der Waals surface area contributed by atoms with Gasteiger partial charge in [0.15, 0.2) is 0 Å². The van der Waals surface area contributed by atoms with Crippen LogP contribution in [-0.4, -0.2) is 48.1 Å². The second-order valence-electron chi connectivity index (χ2n) is 7.24. The molecule has 1 saturated heterocycles. The van der Waals surface area contributed by atoms with Crippen molar-refractivity contribution in [2.24, 2.45) is 0 Å².